The summed E-state index contributed by atoms with van der Waals surface area (Å²) >= 11 is 0. The van der Waals surface area contributed by atoms with Gasteiger partial charge in [-0.25, -0.2) is 0 Å². The van der Waals surface area contributed by atoms with Crippen LogP contribution in [0.1, 0.15) is 22.6 Å². The number of amides is 1. The van der Waals surface area contributed by atoms with E-state index in [1.165, 1.54) is 11.1 Å². The highest BCUT2D eigenvalue weighted by Crippen LogP contribution is 2.33. The van der Waals surface area contributed by atoms with Gasteiger partial charge < -0.3 is 10.0 Å². The molecule has 126 valence electrons. The Bertz CT molecular complexity index is 732. The molecule has 2 aromatic rings. The van der Waals surface area contributed by atoms with E-state index in [1.54, 1.807) is 4.90 Å². The van der Waals surface area contributed by atoms with Crippen LogP contribution in [0.4, 0.5) is 0 Å². The molecular formula is C19H21NO3S. The lowest BCUT2D eigenvalue weighted by Crippen LogP contribution is -2.41. The SMILES string of the molecule is O=C(CS(=O)CCO)N1Cc2ccccc2C(c2ccccc2)C1. The van der Waals surface area contributed by atoms with Crippen molar-refractivity contribution in [3.8, 4) is 0 Å². The maximum atomic E-state index is 12.5. The number of carbonyl (C=O) groups is 1. The van der Waals surface area contributed by atoms with Crippen LogP contribution in [0.2, 0.25) is 0 Å². The van der Waals surface area contributed by atoms with Crippen LogP contribution in [0.15, 0.2) is 54.6 Å². The molecule has 0 bridgehead atoms. The Balaban J connectivity index is 1.85. The average molecular weight is 343 g/mol. The number of nitrogens with zero attached hydrogens (tertiary/aromatic N) is 1. The topological polar surface area (TPSA) is 57.6 Å². The molecule has 1 aliphatic rings. The summed E-state index contributed by atoms with van der Waals surface area (Å²) in [4.78, 5) is 14.3. The first-order valence-corrected chi connectivity index (χ1v) is 9.54. The van der Waals surface area contributed by atoms with Crippen LogP contribution in [0, 0.1) is 0 Å². The first-order valence-electron chi connectivity index (χ1n) is 8.05. The molecule has 0 spiro atoms. The Morgan fingerprint density at radius 1 is 1.12 bits per heavy atom. The second-order valence-corrected chi connectivity index (χ2v) is 7.52. The number of carbonyl (C=O) groups excluding carboxylic acids is 1. The molecule has 1 heterocycles. The van der Waals surface area contributed by atoms with E-state index in [1.807, 2.05) is 30.3 Å². The van der Waals surface area contributed by atoms with E-state index < -0.39 is 10.8 Å². The molecule has 0 radical (unpaired) electrons. The molecule has 1 aliphatic heterocycles. The van der Waals surface area contributed by atoms with Gasteiger partial charge in [0.1, 0.15) is 5.75 Å². The monoisotopic (exact) mass is 343 g/mol. The largest absolute Gasteiger partial charge is 0.395 e. The zero-order chi connectivity index (χ0) is 16.9. The van der Waals surface area contributed by atoms with Crippen LogP contribution < -0.4 is 0 Å². The highest BCUT2D eigenvalue weighted by molar-refractivity contribution is 7.85. The van der Waals surface area contributed by atoms with Crippen molar-refractivity contribution >= 4 is 16.7 Å². The molecule has 0 aliphatic carbocycles. The molecule has 5 heteroatoms. The van der Waals surface area contributed by atoms with Crippen molar-refractivity contribution < 1.29 is 14.1 Å². The lowest BCUT2D eigenvalue weighted by atomic mass is 9.85. The van der Waals surface area contributed by atoms with E-state index in [0.717, 1.165) is 5.56 Å². The minimum absolute atomic E-state index is 0.0236. The molecule has 1 amide bonds. The third-order valence-electron chi connectivity index (χ3n) is 4.35. The molecule has 4 nitrogen and oxygen atoms in total. The summed E-state index contributed by atoms with van der Waals surface area (Å²) in [5.74, 6) is 0.145. The Morgan fingerprint density at radius 2 is 1.83 bits per heavy atom. The lowest BCUT2D eigenvalue weighted by molar-refractivity contribution is -0.129. The minimum atomic E-state index is -1.31. The van der Waals surface area contributed by atoms with E-state index >= 15 is 0 Å². The fourth-order valence-electron chi connectivity index (χ4n) is 3.17. The third-order valence-corrected chi connectivity index (χ3v) is 5.56. The van der Waals surface area contributed by atoms with Gasteiger partial charge in [-0.15, -0.1) is 0 Å². The van der Waals surface area contributed by atoms with Crippen molar-refractivity contribution in [2.75, 3.05) is 24.7 Å². The number of rotatable bonds is 5. The van der Waals surface area contributed by atoms with Gasteiger partial charge in [0.15, 0.2) is 0 Å². The van der Waals surface area contributed by atoms with Gasteiger partial charge in [-0.3, -0.25) is 9.00 Å². The highest BCUT2D eigenvalue weighted by atomic mass is 32.2. The molecule has 1 N–H and O–H groups in total. The van der Waals surface area contributed by atoms with Gasteiger partial charge in [0.05, 0.1) is 6.61 Å². The summed E-state index contributed by atoms with van der Waals surface area (Å²) in [5, 5.41) is 8.86. The molecule has 2 atom stereocenters. The van der Waals surface area contributed by atoms with Crippen molar-refractivity contribution in [3.63, 3.8) is 0 Å². The second-order valence-electron chi connectivity index (χ2n) is 5.95. The van der Waals surface area contributed by atoms with Gasteiger partial charge in [-0.05, 0) is 16.7 Å². The predicted octanol–water partition coefficient (Wildman–Crippen LogP) is 1.90. The Labute approximate surface area is 144 Å². The second kappa shape index (κ2) is 7.73. The normalized spacial score (nSPS) is 18.0. The van der Waals surface area contributed by atoms with Crippen LogP contribution in [0.3, 0.4) is 0 Å². The predicted molar refractivity (Wildman–Crippen MR) is 95.1 cm³/mol. The standard InChI is InChI=1S/C19H21NO3S/c21-10-11-24(23)14-19(22)20-12-16-8-4-5-9-17(16)18(13-20)15-6-2-1-3-7-15/h1-9,18,21H,10-14H2. The average Bonchev–Trinajstić information content (AvgIpc) is 2.61. The molecule has 2 aromatic carbocycles. The van der Waals surface area contributed by atoms with E-state index in [4.69, 9.17) is 5.11 Å². The molecule has 0 saturated carbocycles. The number of aliphatic hydroxyl groups is 1. The van der Waals surface area contributed by atoms with Crippen LogP contribution >= 0.6 is 0 Å². The van der Waals surface area contributed by atoms with Crippen molar-refractivity contribution in [3.05, 3.63) is 71.3 Å². The molecule has 0 fully saturated rings. The molecular weight excluding hydrogens is 322 g/mol. The summed E-state index contributed by atoms with van der Waals surface area (Å²) in [5.41, 5.74) is 3.57. The van der Waals surface area contributed by atoms with Crippen molar-refractivity contribution in [1.82, 2.24) is 4.90 Å². The van der Waals surface area contributed by atoms with Crippen LogP contribution in [-0.2, 0) is 22.1 Å². The zero-order valence-electron chi connectivity index (χ0n) is 13.4. The minimum Gasteiger partial charge on any atom is -0.395 e. The van der Waals surface area contributed by atoms with E-state index in [0.29, 0.717) is 13.1 Å². The van der Waals surface area contributed by atoms with Crippen molar-refractivity contribution in [2.24, 2.45) is 0 Å². The van der Waals surface area contributed by atoms with Gasteiger partial charge in [0, 0.05) is 35.6 Å². The fraction of sp³-hybridized carbons (Fsp3) is 0.316. The lowest BCUT2D eigenvalue weighted by Gasteiger charge is -2.35. The molecule has 2 unspecified atom stereocenters. The highest BCUT2D eigenvalue weighted by Gasteiger charge is 2.29. The summed E-state index contributed by atoms with van der Waals surface area (Å²) in [6.07, 6.45) is 0. The van der Waals surface area contributed by atoms with E-state index in [9.17, 15) is 9.00 Å². The maximum absolute atomic E-state index is 12.5. The smallest absolute Gasteiger partial charge is 0.235 e. The van der Waals surface area contributed by atoms with Gasteiger partial charge in [0.2, 0.25) is 5.91 Å². The molecule has 24 heavy (non-hydrogen) atoms. The number of hydrogen-bond acceptors (Lipinski definition) is 3. The third kappa shape index (κ3) is 3.74. The zero-order valence-corrected chi connectivity index (χ0v) is 14.2. The summed E-state index contributed by atoms with van der Waals surface area (Å²) in [6.45, 7) is 0.986. The van der Waals surface area contributed by atoms with E-state index in [-0.39, 0.29) is 29.9 Å². The fourth-order valence-corrected chi connectivity index (χ4v) is 3.98. The molecule has 0 aromatic heterocycles. The maximum Gasteiger partial charge on any atom is 0.235 e. The van der Waals surface area contributed by atoms with Crippen LogP contribution in [0.25, 0.3) is 0 Å². The van der Waals surface area contributed by atoms with Gasteiger partial charge in [0.25, 0.3) is 0 Å². The van der Waals surface area contributed by atoms with Crippen molar-refractivity contribution in [2.45, 2.75) is 12.5 Å². The number of aliphatic hydroxyl groups excluding tert-OH is 1. The van der Waals surface area contributed by atoms with Gasteiger partial charge >= 0.3 is 0 Å². The summed E-state index contributed by atoms with van der Waals surface area (Å²) < 4.78 is 11.8. The van der Waals surface area contributed by atoms with E-state index in [2.05, 4.69) is 24.3 Å². The Morgan fingerprint density at radius 3 is 2.58 bits per heavy atom. The number of hydrogen-bond donors (Lipinski definition) is 1. The summed E-state index contributed by atoms with van der Waals surface area (Å²) in [7, 11) is -1.31. The summed E-state index contributed by atoms with van der Waals surface area (Å²) in [6, 6.07) is 18.4. The number of benzene rings is 2. The molecule has 3 rings (SSSR count). The Hall–Kier alpha value is -1.98. The number of fused-ring (bicyclic) bond motifs is 1. The first-order chi connectivity index (χ1) is 11.7. The van der Waals surface area contributed by atoms with Gasteiger partial charge in [-0.1, -0.05) is 54.6 Å². The van der Waals surface area contributed by atoms with Crippen molar-refractivity contribution in [1.29, 1.82) is 0 Å². The van der Waals surface area contributed by atoms with Gasteiger partial charge in [-0.2, -0.15) is 0 Å². The quantitative estimate of drug-likeness (QED) is 0.902. The van der Waals surface area contributed by atoms with Crippen LogP contribution in [-0.4, -0.2) is 44.8 Å². The molecule has 0 saturated heterocycles. The Kier molecular flexibility index (Phi) is 5.43. The van der Waals surface area contributed by atoms with Crippen LogP contribution in [0.5, 0.6) is 0 Å². The first kappa shape index (κ1) is 16.9.